The van der Waals surface area contributed by atoms with Crippen LogP contribution in [0.3, 0.4) is 0 Å². The van der Waals surface area contributed by atoms with Gasteiger partial charge in [-0.15, -0.1) is 0 Å². The van der Waals surface area contributed by atoms with Gasteiger partial charge in [0, 0.05) is 31.9 Å². The number of carbonyl (C=O) groups is 4. The van der Waals surface area contributed by atoms with E-state index in [9.17, 15) is 29.4 Å². The van der Waals surface area contributed by atoms with Crippen LogP contribution in [0.1, 0.15) is 37.8 Å². The molecule has 2 heterocycles. The number of methoxy groups -OCH3 is 1. The van der Waals surface area contributed by atoms with Crippen molar-refractivity contribution in [2.24, 2.45) is 0 Å². The van der Waals surface area contributed by atoms with Crippen LogP contribution in [-0.2, 0) is 45.2 Å². The molecule has 5 rings (SSSR count). The third-order valence-electron chi connectivity index (χ3n) is 8.11. The number of rotatable bonds is 7. The number of piperidine rings is 1. The highest BCUT2D eigenvalue weighted by Crippen LogP contribution is 2.65. The smallest absolute Gasteiger partial charge is 0.357 e. The first-order chi connectivity index (χ1) is 17.9. The van der Waals surface area contributed by atoms with Crippen molar-refractivity contribution in [1.82, 2.24) is 4.90 Å². The maximum Gasteiger partial charge on any atom is 0.357 e. The number of aliphatic carboxylic acids is 1. The zero-order valence-corrected chi connectivity index (χ0v) is 21.4. The van der Waals surface area contributed by atoms with Crippen LogP contribution in [0.5, 0.6) is 11.5 Å². The number of ether oxygens (including phenoxy) is 5. The third kappa shape index (κ3) is 3.57. The van der Waals surface area contributed by atoms with Crippen LogP contribution >= 0.6 is 0 Å². The fraction of sp³-hybridized carbons (Fsp3) is 0.538. The highest BCUT2D eigenvalue weighted by atomic mass is 16.6. The Labute approximate surface area is 218 Å². The number of hydrogen-bond acceptors (Lipinski definition) is 11. The number of benzene rings is 1. The molecule has 1 aromatic carbocycles. The van der Waals surface area contributed by atoms with Crippen molar-refractivity contribution in [2.45, 2.75) is 68.5 Å². The summed E-state index contributed by atoms with van der Waals surface area (Å²) in [6.45, 7) is 2.59. The average molecular weight is 532 g/mol. The van der Waals surface area contributed by atoms with Gasteiger partial charge in [-0.25, -0.2) is 9.59 Å². The van der Waals surface area contributed by atoms with Gasteiger partial charge in [0.1, 0.15) is 5.76 Å². The number of carboxylic acid groups (broad SMARTS) is 1. The fourth-order valence-corrected chi connectivity index (χ4v) is 6.59. The molecule has 2 N–H and O–H groups in total. The minimum absolute atomic E-state index is 0.0400. The molecule has 2 bridgehead atoms. The Morgan fingerprint density at radius 2 is 1.82 bits per heavy atom. The monoisotopic (exact) mass is 531 g/mol. The lowest BCUT2D eigenvalue weighted by Gasteiger charge is -2.61. The lowest BCUT2D eigenvalue weighted by atomic mass is 9.50. The van der Waals surface area contributed by atoms with Crippen LogP contribution in [0.2, 0.25) is 0 Å². The highest BCUT2D eigenvalue weighted by Gasteiger charge is 2.72. The maximum absolute atomic E-state index is 13.3. The lowest BCUT2D eigenvalue weighted by molar-refractivity contribution is -0.190. The van der Waals surface area contributed by atoms with E-state index >= 15 is 0 Å². The van der Waals surface area contributed by atoms with Gasteiger partial charge in [-0.05, 0) is 44.1 Å². The van der Waals surface area contributed by atoms with Crippen LogP contribution in [-0.4, -0.2) is 89.6 Å². The summed E-state index contributed by atoms with van der Waals surface area (Å²) in [6.07, 6.45) is -2.38. The molecule has 204 valence electrons. The number of nitrogens with zero attached hydrogens (tertiary/aromatic N) is 1. The molecular weight excluding hydrogens is 502 g/mol. The predicted molar refractivity (Wildman–Crippen MR) is 126 cm³/mol. The number of esters is 3. The third-order valence-corrected chi connectivity index (χ3v) is 8.11. The van der Waals surface area contributed by atoms with E-state index in [-0.39, 0.29) is 18.2 Å². The van der Waals surface area contributed by atoms with Crippen molar-refractivity contribution in [1.29, 1.82) is 0 Å². The normalized spacial score (nSPS) is 30.1. The summed E-state index contributed by atoms with van der Waals surface area (Å²) < 4.78 is 27.3. The second-order valence-electron chi connectivity index (χ2n) is 10.1. The van der Waals surface area contributed by atoms with E-state index in [2.05, 4.69) is 4.90 Å². The molecule has 4 aliphatic rings. The fourth-order valence-electron chi connectivity index (χ4n) is 6.59. The van der Waals surface area contributed by atoms with Crippen molar-refractivity contribution < 1.29 is 53.1 Å². The van der Waals surface area contributed by atoms with Crippen molar-refractivity contribution in [3.05, 3.63) is 35.1 Å². The zero-order chi connectivity index (χ0) is 27.6. The number of carboxylic acids is 1. The second-order valence-corrected chi connectivity index (χ2v) is 10.1. The molecule has 2 unspecified atom stereocenters. The van der Waals surface area contributed by atoms with E-state index in [0.29, 0.717) is 30.9 Å². The molecule has 2 aliphatic carbocycles. The van der Waals surface area contributed by atoms with Crippen molar-refractivity contribution in [3.8, 4) is 11.5 Å². The number of likely N-dealkylation sites (N-methyl/N-ethyl adjacent to an activating group) is 1. The van der Waals surface area contributed by atoms with Gasteiger partial charge < -0.3 is 38.8 Å². The summed E-state index contributed by atoms with van der Waals surface area (Å²) in [7, 11) is 3.47. The molecule has 0 amide bonds. The Morgan fingerprint density at radius 3 is 2.45 bits per heavy atom. The second kappa shape index (κ2) is 8.98. The van der Waals surface area contributed by atoms with Gasteiger partial charge in [0.25, 0.3) is 0 Å². The van der Waals surface area contributed by atoms with E-state index < -0.39 is 53.2 Å². The molecule has 12 heteroatoms. The van der Waals surface area contributed by atoms with Gasteiger partial charge >= 0.3 is 23.9 Å². The Balaban J connectivity index is 1.56. The van der Waals surface area contributed by atoms with Crippen LogP contribution in [0, 0.1) is 0 Å². The SMILES string of the molecule is COc1ccc2c3c1O[C@H]1C(OC(=O)C(OC(C)=O)C(OC(C)=O)C(=O)O)=CC[C@@]4(O)[C@@H](C2)N(C)CC[C@]314. The van der Waals surface area contributed by atoms with Gasteiger partial charge in [-0.3, -0.25) is 9.59 Å². The van der Waals surface area contributed by atoms with Crippen LogP contribution in [0.4, 0.5) is 0 Å². The van der Waals surface area contributed by atoms with E-state index in [1.54, 1.807) is 12.1 Å². The molecule has 6 atom stereocenters. The van der Waals surface area contributed by atoms with Gasteiger partial charge in [-0.2, -0.15) is 0 Å². The van der Waals surface area contributed by atoms with Crippen LogP contribution < -0.4 is 9.47 Å². The summed E-state index contributed by atoms with van der Waals surface area (Å²) >= 11 is 0. The molecule has 0 saturated carbocycles. The Morgan fingerprint density at radius 1 is 1.13 bits per heavy atom. The largest absolute Gasteiger partial charge is 0.493 e. The van der Waals surface area contributed by atoms with Crippen molar-refractivity contribution in [2.75, 3.05) is 20.7 Å². The van der Waals surface area contributed by atoms with Crippen molar-refractivity contribution in [3.63, 3.8) is 0 Å². The van der Waals surface area contributed by atoms with E-state index in [4.69, 9.17) is 23.7 Å². The molecule has 1 saturated heterocycles. The minimum Gasteiger partial charge on any atom is -0.493 e. The maximum atomic E-state index is 13.3. The Kier molecular flexibility index (Phi) is 6.14. The van der Waals surface area contributed by atoms with Crippen LogP contribution in [0.15, 0.2) is 24.0 Å². The van der Waals surface area contributed by atoms with E-state index in [0.717, 1.165) is 25.0 Å². The highest BCUT2D eigenvalue weighted by molar-refractivity contribution is 5.88. The quantitative estimate of drug-likeness (QED) is 0.371. The molecular formula is C26H29NO11. The molecule has 1 aromatic rings. The van der Waals surface area contributed by atoms with Crippen molar-refractivity contribution >= 4 is 23.9 Å². The van der Waals surface area contributed by atoms with Gasteiger partial charge in [-0.1, -0.05) is 6.07 Å². The van der Waals surface area contributed by atoms with Crippen LogP contribution in [0.25, 0.3) is 0 Å². The molecule has 2 aliphatic heterocycles. The minimum atomic E-state index is -2.13. The van der Waals surface area contributed by atoms with Gasteiger partial charge in [0.05, 0.1) is 18.1 Å². The molecule has 0 radical (unpaired) electrons. The number of likely N-dealkylation sites (tertiary alicyclic amines) is 1. The first-order valence-electron chi connectivity index (χ1n) is 12.2. The van der Waals surface area contributed by atoms with Gasteiger partial charge in [0.15, 0.2) is 17.6 Å². The predicted octanol–water partition coefficient (Wildman–Crippen LogP) is 0.464. The first-order valence-corrected chi connectivity index (χ1v) is 12.2. The topological polar surface area (TPSA) is 158 Å². The number of carbonyl (C=O) groups excluding carboxylic acids is 3. The average Bonchev–Trinajstić information content (AvgIpc) is 3.20. The van der Waals surface area contributed by atoms with Gasteiger partial charge in [0.2, 0.25) is 12.2 Å². The molecule has 12 nitrogen and oxygen atoms in total. The standard InChI is InChI=1S/C26H29NO11/c1-12(28)35-20(23(30)31)21(36-13(2)29)24(32)37-16-7-8-26(33)17-11-14-5-6-15(34-4)19-18(14)25(26,22(16)38-19)9-10-27(17)3/h5-7,17,20-22,33H,8-11H2,1-4H3,(H,30,31)/t17-,20?,21?,22+,25+,26-/m1/s1. The number of aliphatic hydroxyl groups is 1. The lowest BCUT2D eigenvalue weighted by Crippen LogP contribution is -2.74. The number of hydrogen-bond donors (Lipinski definition) is 2. The molecule has 1 fully saturated rings. The Hall–Kier alpha value is -3.64. The Bertz CT molecular complexity index is 1260. The summed E-state index contributed by atoms with van der Waals surface area (Å²) in [6, 6.07) is 3.52. The van der Waals surface area contributed by atoms with E-state index in [1.807, 2.05) is 13.1 Å². The molecule has 38 heavy (non-hydrogen) atoms. The summed E-state index contributed by atoms with van der Waals surface area (Å²) in [4.78, 5) is 50.4. The summed E-state index contributed by atoms with van der Waals surface area (Å²) in [5.41, 5.74) is -0.404. The zero-order valence-electron chi connectivity index (χ0n) is 21.4. The summed E-state index contributed by atoms with van der Waals surface area (Å²) in [5.74, 6) is -3.94. The molecule has 1 spiro atoms. The summed E-state index contributed by atoms with van der Waals surface area (Å²) in [5, 5.41) is 21.8. The first kappa shape index (κ1) is 26.0. The van der Waals surface area contributed by atoms with E-state index in [1.165, 1.54) is 7.11 Å². The molecule has 0 aromatic heterocycles.